The second kappa shape index (κ2) is 5.20. The van der Waals surface area contributed by atoms with E-state index in [1.807, 2.05) is 42.8 Å². The molecule has 0 spiro atoms. The van der Waals surface area contributed by atoms with Crippen LogP contribution in [0.25, 0.3) is 17.0 Å². The average Bonchev–Trinajstić information content (AvgIpc) is 2.81. The van der Waals surface area contributed by atoms with E-state index in [-0.39, 0.29) is 6.10 Å². The molecule has 0 aliphatic carbocycles. The molecule has 3 rings (SSSR count). The van der Waals surface area contributed by atoms with Gasteiger partial charge in [0, 0.05) is 18.5 Å². The predicted octanol–water partition coefficient (Wildman–Crippen LogP) is 3.34. The topological polar surface area (TPSA) is 52.3 Å². The lowest BCUT2D eigenvalue weighted by atomic mass is 10.3. The van der Waals surface area contributed by atoms with Gasteiger partial charge in [0.1, 0.15) is 27.4 Å². The van der Waals surface area contributed by atoms with Crippen LogP contribution in [0.5, 0.6) is 5.75 Å². The summed E-state index contributed by atoms with van der Waals surface area (Å²) in [5.74, 6) is 0.810. The van der Waals surface area contributed by atoms with Gasteiger partial charge in [0.15, 0.2) is 0 Å². The first-order valence-electron chi connectivity index (χ1n) is 6.25. The summed E-state index contributed by atoms with van der Waals surface area (Å²) in [6.07, 6.45) is 7.33. The van der Waals surface area contributed by atoms with Gasteiger partial charge in [-0.05, 0) is 35.8 Å². The number of pyridine rings is 1. The molecule has 0 saturated carbocycles. The van der Waals surface area contributed by atoms with Crippen LogP contribution in [-0.2, 0) is 0 Å². The van der Waals surface area contributed by atoms with E-state index in [1.165, 1.54) is 0 Å². The van der Waals surface area contributed by atoms with Crippen molar-refractivity contribution in [2.24, 2.45) is 0 Å². The average molecular weight is 333 g/mol. The van der Waals surface area contributed by atoms with Crippen molar-refractivity contribution >= 4 is 21.6 Å². The molecule has 3 aromatic heterocycles. The van der Waals surface area contributed by atoms with Crippen molar-refractivity contribution in [3.8, 4) is 17.1 Å². The second-order valence-corrected chi connectivity index (χ2v) is 5.46. The highest BCUT2D eigenvalue weighted by atomic mass is 79.9. The molecule has 3 heterocycles. The van der Waals surface area contributed by atoms with E-state index in [2.05, 4.69) is 30.9 Å². The van der Waals surface area contributed by atoms with E-state index in [4.69, 9.17) is 4.74 Å². The number of fused-ring (bicyclic) bond motifs is 1. The normalized spacial score (nSPS) is 11.2. The van der Waals surface area contributed by atoms with Gasteiger partial charge >= 0.3 is 0 Å². The number of halogens is 1. The van der Waals surface area contributed by atoms with Gasteiger partial charge in [-0.1, -0.05) is 0 Å². The standard InChI is InChI=1S/C14H13BrN4O/c1-9(2)20-10-3-4-19-8-12(18-14(19)5-10)11-6-16-7-13(15)17-11/h3-9H,1-2H3. The van der Waals surface area contributed by atoms with E-state index >= 15 is 0 Å². The third kappa shape index (κ3) is 2.65. The number of imidazole rings is 1. The Labute approximate surface area is 124 Å². The van der Waals surface area contributed by atoms with Crippen LogP contribution in [0.2, 0.25) is 0 Å². The van der Waals surface area contributed by atoms with Crippen molar-refractivity contribution < 1.29 is 4.74 Å². The van der Waals surface area contributed by atoms with Crippen molar-refractivity contribution in [1.29, 1.82) is 0 Å². The highest BCUT2D eigenvalue weighted by molar-refractivity contribution is 9.10. The fourth-order valence-corrected chi connectivity index (χ4v) is 2.21. The molecule has 3 aromatic rings. The fraction of sp³-hybridized carbons (Fsp3) is 0.214. The minimum absolute atomic E-state index is 0.142. The first kappa shape index (κ1) is 13.1. The van der Waals surface area contributed by atoms with Gasteiger partial charge in [-0.25, -0.2) is 9.97 Å². The van der Waals surface area contributed by atoms with E-state index in [1.54, 1.807) is 12.4 Å². The zero-order chi connectivity index (χ0) is 14.1. The van der Waals surface area contributed by atoms with E-state index in [0.717, 1.165) is 22.8 Å². The van der Waals surface area contributed by atoms with Crippen molar-refractivity contribution in [2.45, 2.75) is 20.0 Å². The van der Waals surface area contributed by atoms with Crippen LogP contribution in [0.15, 0.2) is 41.5 Å². The molecule has 0 fully saturated rings. The van der Waals surface area contributed by atoms with Gasteiger partial charge in [-0.2, -0.15) is 0 Å². The molecule has 0 bridgehead atoms. The molecule has 0 unspecified atom stereocenters. The summed E-state index contributed by atoms with van der Waals surface area (Å²) in [6.45, 7) is 4.00. The molecule has 0 amide bonds. The van der Waals surface area contributed by atoms with Crippen molar-refractivity contribution in [3.63, 3.8) is 0 Å². The SMILES string of the molecule is CC(C)Oc1ccn2cc(-c3cncc(Br)n3)nc2c1. The van der Waals surface area contributed by atoms with Crippen LogP contribution in [0, 0.1) is 0 Å². The summed E-state index contributed by atoms with van der Waals surface area (Å²) in [5.41, 5.74) is 2.33. The molecule has 6 heteroatoms. The van der Waals surface area contributed by atoms with Crippen molar-refractivity contribution in [1.82, 2.24) is 19.4 Å². The Morgan fingerprint density at radius 3 is 2.80 bits per heavy atom. The van der Waals surface area contributed by atoms with Gasteiger partial charge in [0.05, 0.1) is 18.5 Å². The van der Waals surface area contributed by atoms with E-state index in [9.17, 15) is 0 Å². The molecule has 0 aromatic carbocycles. The van der Waals surface area contributed by atoms with Gasteiger partial charge in [0.25, 0.3) is 0 Å². The molecule has 0 saturated heterocycles. The lowest BCUT2D eigenvalue weighted by Crippen LogP contribution is -2.05. The highest BCUT2D eigenvalue weighted by Crippen LogP contribution is 2.21. The summed E-state index contributed by atoms with van der Waals surface area (Å²) in [6, 6.07) is 3.83. The number of rotatable bonds is 3. The van der Waals surface area contributed by atoms with Crippen LogP contribution in [0.4, 0.5) is 0 Å². The van der Waals surface area contributed by atoms with Crippen LogP contribution in [0.1, 0.15) is 13.8 Å². The van der Waals surface area contributed by atoms with E-state index < -0.39 is 0 Å². The maximum Gasteiger partial charge on any atom is 0.141 e. The third-order valence-corrected chi connectivity index (χ3v) is 3.05. The molecular formula is C14H13BrN4O. The highest BCUT2D eigenvalue weighted by Gasteiger charge is 2.08. The summed E-state index contributed by atoms with van der Waals surface area (Å²) in [7, 11) is 0. The summed E-state index contributed by atoms with van der Waals surface area (Å²) >= 11 is 3.31. The lowest BCUT2D eigenvalue weighted by molar-refractivity contribution is 0.242. The van der Waals surface area contributed by atoms with Crippen LogP contribution >= 0.6 is 15.9 Å². The molecule has 0 aliphatic rings. The Bertz CT molecular complexity index is 754. The largest absolute Gasteiger partial charge is 0.491 e. The Kier molecular flexibility index (Phi) is 3.40. The Hall–Kier alpha value is -1.95. The first-order chi connectivity index (χ1) is 9.61. The number of ether oxygens (including phenoxy) is 1. The number of hydrogen-bond acceptors (Lipinski definition) is 4. The first-order valence-corrected chi connectivity index (χ1v) is 7.04. The monoisotopic (exact) mass is 332 g/mol. The Morgan fingerprint density at radius 2 is 2.05 bits per heavy atom. The Balaban J connectivity index is 2.02. The second-order valence-electron chi connectivity index (χ2n) is 4.65. The quantitative estimate of drug-likeness (QED) is 0.738. The smallest absolute Gasteiger partial charge is 0.141 e. The van der Waals surface area contributed by atoms with E-state index in [0.29, 0.717) is 4.60 Å². The number of aromatic nitrogens is 4. The number of hydrogen-bond donors (Lipinski definition) is 0. The van der Waals surface area contributed by atoms with Gasteiger partial charge in [-0.3, -0.25) is 4.98 Å². The van der Waals surface area contributed by atoms with Crippen LogP contribution in [0.3, 0.4) is 0 Å². The molecule has 0 aliphatic heterocycles. The zero-order valence-electron chi connectivity index (χ0n) is 11.1. The van der Waals surface area contributed by atoms with Crippen molar-refractivity contribution in [3.05, 3.63) is 41.5 Å². The molecule has 20 heavy (non-hydrogen) atoms. The third-order valence-electron chi connectivity index (χ3n) is 2.67. The molecule has 0 atom stereocenters. The van der Waals surface area contributed by atoms with Gasteiger partial charge in [-0.15, -0.1) is 0 Å². The van der Waals surface area contributed by atoms with Crippen LogP contribution < -0.4 is 4.74 Å². The Morgan fingerprint density at radius 1 is 1.20 bits per heavy atom. The molecule has 0 N–H and O–H groups in total. The van der Waals surface area contributed by atoms with Gasteiger partial charge < -0.3 is 9.14 Å². The minimum Gasteiger partial charge on any atom is -0.491 e. The summed E-state index contributed by atoms with van der Waals surface area (Å²) in [5, 5.41) is 0. The molecule has 102 valence electrons. The van der Waals surface area contributed by atoms with Crippen molar-refractivity contribution in [2.75, 3.05) is 0 Å². The maximum absolute atomic E-state index is 5.67. The summed E-state index contributed by atoms with van der Waals surface area (Å²) < 4.78 is 8.29. The number of nitrogens with zero attached hydrogens (tertiary/aromatic N) is 4. The fourth-order valence-electron chi connectivity index (χ4n) is 1.90. The van der Waals surface area contributed by atoms with Gasteiger partial charge in [0.2, 0.25) is 0 Å². The molecule has 5 nitrogen and oxygen atoms in total. The minimum atomic E-state index is 0.142. The lowest BCUT2D eigenvalue weighted by Gasteiger charge is -2.08. The van der Waals surface area contributed by atoms with Crippen LogP contribution in [-0.4, -0.2) is 25.5 Å². The zero-order valence-corrected chi connectivity index (χ0v) is 12.7. The molecule has 0 radical (unpaired) electrons. The summed E-state index contributed by atoms with van der Waals surface area (Å²) in [4.78, 5) is 13.0. The predicted molar refractivity (Wildman–Crippen MR) is 79.7 cm³/mol. The maximum atomic E-state index is 5.67. The molecular weight excluding hydrogens is 320 g/mol.